The Hall–Kier alpha value is -5.66. The summed E-state index contributed by atoms with van der Waals surface area (Å²) in [6.07, 6.45) is 14.2. The first-order chi connectivity index (χ1) is 28.7. The first kappa shape index (κ1) is 37.6. The van der Waals surface area contributed by atoms with E-state index in [9.17, 15) is 15.0 Å². The van der Waals surface area contributed by atoms with Gasteiger partial charge in [-0.3, -0.25) is 4.79 Å². The fourth-order valence-electron chi connectivity index (χ4n) is 11.3. The average molecular weight is 794 g/mol. The molecule has 4 heterocycles. The lowest BCUT2D eigenvalue weighted by Gasteiger charge is -2.39. The monoisotopic (exact) mass is 793 g/mol. The van der Waals surface area contributed by atoms with Gasteiger partial charge in [0.05, 0.1) is 19.1 Å². The number of carbonyl (C=O) groups excluding carboxylic acids is 1. The molecule has 3 aliphatic heterocycles. The van der Waals surface area contributed by atoms with Crippen molar-refractivity contribution in [2.24, 2.45) is 5.92 Å². The molecule has 4 bridgehead atoms. The predicted molar refractivity (Wildman–Crippen MR) is 225 cm³/mol. The summed E-state index contributed by atoms with van der Waals surface area (Å²) in [6.45, 7) is 1.90. The van der Waals surface area contributed by atoms with Gasteiger partial charge in [0.15, 0.2) is 11.5 Å². The van der Waals surface area contributed by atoms with E-state index in [1.54, 1.807) is 19.2 Å². The van der Waals surface area contributed by atoms with E-state index < -0.39 is 6.10 Å². The van der Waals surface area contributed by atoms with Crippen molar-refractivity contribution < 1.29 is 34.0 Å². The molecule has 4 aromatic rings. The molecule has 6 aliphatic rings. The van der Waals surface area contributed by atoms with E-state index in [1.807, 2.05) is 12.1 Å². The molecule has 5 atom stereocenters. The SMILES string of the molecule is COc1cc(O)cc2c1-c1ccc3c4c1[C@@]1(CC[C@@H](Cc5ccc(N)nc5C#CCc5cc(O)c6c(c5[C@@H](O4)[C@@H]3COC(C)=O)C=C[C@@H](NC3CCCCC3)CO6)C1)C2. The number of nitrogen functional groups attached to an aromatic ring is 1. The summed E-state index contributed by atoms with van der Waals surface area (Å²) in [4.78, 5) is 17.3. The molecule has 1 spiro atoms. The largest absolute Gasteiger partial charge is 0.508 e. The highest BCUT2D eigenvalue weighted by atomic mass is 16.5. The van der Waals surface area contributed by atoms with Gasteiger partial charge in [0.1, 0.15) is 48.1 Å². The Kier molecular flexibility index (Phi) is 9.47. The molecule has 2 saturated carbocycles. The number of aromatic nitrogens is 1. The number of phenols is 2. The van der Waals surface area contributed by atoms with Crippen LogP contribution >= 0.6 is 0 Å². The number of ether oxygens (including phenoxy) is 4. The van der Waals surface area contributed by atoms with Gasteiger partial charge in [-0.2, -0.15) is 0 Å². The predicted octanol–water partition coefficient (Wildman–Crippen LogP) is 7.97. The second-order valence-electron chi connectivity index (χ2n) is 17.5. The number of anilines is 1. The fourth-order valence-corrected chi connectivity index (χ4v) is 11.3. The highest BCUT2D eigenvalue weighted by Gasteiger charge is 2.51. The van der Waals surface area contributed by atoms with Crippen molar-refractivity contribution >= 4 is 17.9 Å². The zero-order valence-electron chi connectivity index (χ0n) is 33.7. The van der Waals surface area contributed by atoms with Crippen LogP contribution in [0.15, 0.2) is 48.5 Å². The lowest BCUT2D eigenvalue weighted by molar-refractivity contribution is -0.141. The van der Waals surface area contributed by atoms with Gasteiger partial charge in [-0.1, -0.05) is 55.5 Å². The Bertz CT molecular complexity index is 2460. The van der Waals surface area contributed by atoms with E-state index in [1.165, 1.54) is 26.2 Å². The normalized spacial score (nSPS) is 24.9. The van der Waals surface area contributed by atoms with E-state index in [4.69, 9.17) is 29.7 Å². The minimum atomic E-state index is -0.610. The number of nitrogens with two attached hydrogens (primary N) is 1. The number of methoxy groups -OCH3 is 1. The lowest BCUT2D eigenvalue weighted by Crippen LogP contribution is -2.41. The molecule has 5 N–H and O–H groups in total. The standard InChI is InChI=1S/C49H51N3O7/c1-27(53)57-26-38-35-14-15-36-43-31(20-34(54)22-41(43)56-2)24-49-18-17-28(23-49)19-29-11-16-42(50)52-39(29)10-6-7-30-21-40(55)46-37(44(30)47(38)59-48(35)45(36)49)13-12-33(25-58-46)51-32-8-4-3-5-9-32/h11-16,20-22,28,32-33,38,47,51,54-55H,3-5,7-9,17-19,23-26H2,1-2H3,(H2,50,52)/t28-,33+,38+,47-,49+/m0/s1. The van der Waals surface area contributed by atoms with Gasteiger partial charge in [-0.05, 0) is 97.2 Å². The second kappa shape index (κ2) is 14.9. The molecule has 10 heteroatoms. The molecule has 0 radical (unpaired) electrons. The van der Waals surface area contributed by atoms with Crippen LogP contribution in [0.5, 0.6) is 28.7 Å². The minimum Gasteiger partial charge on any atom is -0.508 e. The van der Waals surface area contributed by atoms with Gasteiger partial charge < -0.3 is 40.2 Å². The highest BCUT2D eigenvalue weighted by Crippen LogP contribution is 2.63. The molecule has 3 aromatic carbocycles. The molecule has 0 amide bonds. The van der Waals surface area contributed by atoms with Crippen molar-refractivity contribution in [1.29, 1.82) is 0 Å². The Morgan fingerprint density at radius 2 is 1.92 bits per heavy atom. The number of phenolic OH excluding ortho intramolecular Hbond substituents is 2. The van der Waals surface area contributed by atoms with E-state index in [0.29, 0.717) is 54.4 Å². The Balaban J connectivity index is 1.20. The molecule has 10 rings (SSSR count). The number of aromatic hydroxyl groups is 2. The maximum absolute atomic E-state index is 12.6. The molecule has 0 saturated heterocycles. The average Bonchev–Trinajstić information content (AvgIpc) is 3.71. The maximum Gasteiger partial charge on any atom is 0.302 e. The van der Waals surface area contributed by atoms with Crippen LogP contribution < -0.4 is 25.3 Å². The smallest absolute Gasteiger partial charge is 0.302 e. The molecule has 304 valence electrons. The second-order valence-corrected chi connectivity index (χ2v) is 17.5. The van der Waals surface area contributed by atoms with Crippen LogP contribution in [0.4, 0.5) is 5.82 Å². The summed E-state index contributed by atoms with van der Waals surface area (Å²) in [5, 5.41) is 26.5. The number of rotatable bonds is 5. The van der Waals surface area contributed by atoms with Crippen LogP contribution in [0, 0.1) is 17.8 Å². The minimum absolute atomic E-state index is 0.0387. The summed E-state index contributed by atoms with van der Waals surface area (Å²) < 4.78 is 25.9. The van der Waals surface area contributed by atoms with Crippen molar-refractivity contribution in [3.8, 4) is 51.7 Å². The molecule has 59 heavy (non-hydrogen) atoms. The first-order valence-corrected chi connectivity index (χ1v) is 21.3. The third-order valence-corrected chi connectivity index (χ3v) is 13.8. The lowest BCUT2D eigenvalue weighted by atomic mass is 9.65. The molecule has 10 nitrogen and oxygen atoms in total. The number of benzene rings is 3. The summed E-state index contributed by atoms with van der Waals surface area (Å²) in [5.41, 5.74) is 15.2. The van der Waals surface area contributed by atoms with Crippen LogP contribution in [0.3, 0.4) is 0 Å². The van der Waals surface area contributed by atoms with E-state index in [2.05, 4.69) is 47.5 Å². The zero-order chi connectivity index (χ0) is 40.4. The number of nitrogens with one attached hydrogen (secondary N) is 1. The van der Waals surface area contributed by atoms with Crippen LogP contribution in [0.2, 0.25) is 0 Å². The van der Waals surface area contributed by atoms with Crippen molar-refractivity contribution in [2.75, 3.05) is 26.1 Å². The van der Waals surface area contributed by atoms with E-state index >= 15 is 0 Å². The topological polar surface area (TPSA) is 145 Å². The molecule has 1 aromatic heterocycles. The van der Waals surface area contributed by atoms with Gasteiger partial charge in [-0.15, -0.1) is 0 Å². The number of esters is 1. The molecular formula is C49H51N3O7. The van der Waals surface area contributed by atoms with Crippen LogP contribution in [0.25, 0.3) is 17.2 Å². The number of hydrogen-bond acceptors (Lipinski definition) is 10. The van der Waals surface area contributed by atoms with Crippen molar-refractivity contribution in [1.82, 2.24) is 10.3 Å². The van der Waals surface area contributed by atoms with Gasteiger partial charge in [0.25, 0.3) is 0 Å². The highest BCUT2D eigenvalue weighted by molar-refractivity contribution is 5.84. The quantitative estimate of drug-likeness (QED) is 0.116. The third kappa shape index (κ3) is 6.64. The van der Waals surface area contributed by atoms with Crippen LogP contribution in [0.1, 0.15) is 115 Å². The van der Waals surface area contributed by atoms with Crippen molar-refractivity contribution in [3.63, 3.8) is 0 Å². The molecule has 3 aliphatic carbocycles. The van der Waals surface area contributed by atoms with E-state index in [0.717, 1.165) is 94.3 Å². The van der Waals surface area contributed by atoms with Crippen molar-refractivity contribution in [3.05, 3.63) is 93.2 Å². The zero-order valence-corrected chi connectivity index (χ0v) is 33.7. The van der Waals surface area contributed by atoms with Crippen LogP contribution in [-0.2, 0) is 34.2 Å². The molecule has 2 fully saturated rings. The summed E-state index contributed by atoms with van der Waals surface area (Å²) >= 11 is 0. The summed E-state index contributed by atoms with van der Waals surface area (Å²) in [7, 11) is 1.64. The number of carbonyl (C=O) groups is 1. The molecular weight excluding hydrogens is 743 g/mol. The Morgan fingerprint density at radius 1 is 1.05 bits per heavy atom. The third-order valence-electron chi connectivity index (χ3n) is 13.8. The van der Waals surface area contributed by atoms with Gasteiger partial charge in [0.2, 0.25) is 0 Å². The number of fused-ring (bicyclic) bond motifs is 9. The number of pyridine rings is 1. The number of nitrogens with zero attached hydrogens (tertiary/aromatic N) is 1. The Morgan fingerprint density at radius 3 is 2.75 bits per heavy atom. The van der Waals surface area contributed by atoms with Crippen molar-refractivity contribution in [2.45, 2.75) is 107 Å². The van der Waals surface area contributed by atoms with E-state index in [-0.39, 0.29) is 41.4 Å². The van der Waals surface area contributed by atoms with Gasteiger partial charge in [-0.25, -0.2) is 4.98 Å². The summed E-state index contributed by atoms with van der Waals surface area (Å²) in [6, 6.07) is 13.9. The number of hydrogen-bond donors (Lipinski definition) is 4. The summed E-state index contributed by atoms with van der Waals surface area (Å²) in [5.74, 6) is 8.83. The fraction of sp³-hybridized carbons (Fsp3) is 0.429. The van der Waals surface area contributed by atoms with Crippen LogP contribution in [-0.4, -0.2) is 53.6 Å². The van der Waals surface area contributed by atoms with Gasteiger partial charge in [0, 0.05) is 58.7 Å². The Labute approximate surface area is 345 Å². The molecule has 0 unspecified atom stereocenters. The maximum atomic E-state index is 12.6. The first-order valence-electron chi connectivity index (χ1n) is 21.3. The van der Waals surface area contributed by atoms with Gasteiger partial charge >= 0.3 is 5.97 Å².